The average molecular weight is 314 g/mol. The fraction of sp³-hybridized carbons (Fsp3) is 0.417. The van der Waals surface area contributed by atoms with E-state index in [1.165, 1.54) is 11.3 Å². The molecule has 2 heterocycles. The molecule has 0 aliphatic heterocycles. The Kier molecular flexibility index (Phi) is 5.30. The third kappa shape index (κ3) is 3.89. The molecule has 3 N–H and O–H groups in total. The highest BCUT2D eigenvalue weighted by atomic mass is 32.2. The van der Waals surface area contributed by atoms with Gasteiger partial charge >= 0.3 is 0 Å². The Balaban J connectivity index is 1.88. The molecule has 6 nitrogen and oxygen atoms in total. The van der Waals surface area contributed by atoms with Gasteiger partial charge in [0.25, 0.3) is 0 Å². The van der Waals surface area contributed by atoms with Crippen LogP contribution in [0.15, 0.2) is 28.7 Å². The molecule has 0 atom stereocenters. The second-order valence-corrected chi connectivity index (χ2v) is 7.01. The summed E-state index contributed by atoms with van der Waals surface area (Å²) in [7, 11) is -1.62. The van der Waals surface area contributed by atoms with Crippen LogP contribution in [0.1, 0.15) is 17.1 Å². The molecular formula is C12H18N4O2S2. The van der Waals surface area contributed by atoms with Gasteiger partial charge in [-0.1, -0.05) is 0 Å². The smallest absolute Gasteiger partial charge is 0.241 e. The Morgan fingerprint density at radius 2 is 2.30 bits per heavy atom. The molecular weight excluding hydrogens is 296 g/mol. The van der Waals surface area contributed by atoms with Gasteiger partial charge in [0, 0.05) is 36.8 Å². The maximum Gasteiger partial charge on any atom is 0.241 e. The van der Waals surface area contributed by atoms with Gasteiger partial charge in [0.05, 0.1) is 4.90 Å². The molecule has 0 unspecified atom stereocenters. The van der Waals surface area contributed by atoms with Gasteiger partial charge in [-0.2, -0.15) is 0 Å². The molecule has 0 saturated heterocycles. The normalized spacial score (nSPS) is 11.8. The van der Waals surface area contributed by atoms with Crippen LogP contribution in [-0.4, -0.2) is 32.0 Å². The fourth-order valence-corrected chi connectivity index (χ4v) is 4.36. The van der Waals surface area contributed by atoms with Gasteiger partial charge in [-0.15, -0.1) is 11.3 Å². The van der Waals surface area contributed by atoms with E-state index in [-0.39, 0.29) is 0 Å². The minimum absolute atomic E-state index is 0.370. The van der Waals surface area contributed by atoms with Gasteiger partial charge in [0.15, 0.2) is 0 Å². The van der Waals surface area contributed by atoms with Crippen LogP contribution in [0.5, 0.6) is 0 Å². The number of aromatic amines is 1. The van der Waals surface area contributed by atoms with Crippen molar-refractivity contribution in [2.24, 2.45) is 0 Å². The van der Waals surface area contributed by atoms with E-state index >= 15 is 0 Å². The van der Waals surface area contributed by atoms with Gasteiger partial charge in [-0.05, 0) is 24.9 Å². The van der Waals surface area contributed by atoms with Crippen molar-refractivity contribution in [1.29, 1.82) is 0 Å². The van der Waals surface area contributed by atoms with E-state index in [2.05, 4.69) is 20.0 Å². The molecule has 0 aliphatic rings. The minimum Gasteiger partial charge on any atom is -0.349 e. The second kappa shape index (κ2) is 6.98. The molecule has 0 spiro atoms. The highest BCUT2D eigenvalue weighted by Crippen LogP contribution is 2.21. The number of hydrogen-bond acceptors (Lipinski definition) is 5. The van der Waals surface area contributed by atoms with Crippen molar-refractivity contribution >= 4 is 21.4 Å². The van der Waals surface area contributed by atoms with E-state index in [9.17, 15) is 8.42 Å². The van der Waals surface area contributed by atoms with Gasteiger partial charge in [0.1, 0.15) is 5.82 Å². The zero-order valence-electron chi connectivity index (χ0n) is 11.2. The number of H-pyrrole nitrogens is 1. The number of thiophene rings is 1. The zero-order valence-corrected chi connectivity index (χ0v) is 12.9. The van der Waals surface area contributed by atoms with Crippen molar-refractivity contribution in [3.05, 3.63) is 34.5 Å². The first kappa shape index (κ1) is 15.2. The molecule has 8 heteroatoms. The first-order valence-electron chi connectivity index (χ1n) is 6.32. The standard InChI is InChI=1S/C12H18N4O2S2/c1-13-9-10-11(4-8-19-10)20(17,18)16-5-2-3-12-14-6-7-15-12/h4,6-8,13,16H,2-3,5,9H2,1H3,(H,14,15). The number of aromatic nitrogens is 2. The molecule has 0 fully saturated rings. The van der Waals surface area contributed by atoms with Crippen LogP contribution < -0.4 is 10.0 Å². The SMILES string of the molecule is CNCc1sccc1S(=O)(=O)NCCCc1ncc[nH]1. The molecule has 2 rings (SSSR count). The summed E-state index contributed by atoms with van der Waals surface area (Å²) < 4.78 is 27.0. The van der Waals surface area contributed by atoms with E-state index in [1.807, 2.05) is 0 Å². The lowest BCUT2D eigenvalue weighted by molar-refractivity contribution is 0.577. The molecule has 0 aromatic carbocycles. The summed E-state index contributed by atoms with van der Waals surface area (Å²) >= 11 is 1.44. The van der Waals surface area contributed by atoms with Crippen LogP contribution in [0.2, 0.25) is 0 Å². The second-order valence-electron chi connectivity index (χ2n) is 4.28. The Morgan fingerprint density at radius 3 is 3.00 bits per heavy atom. The molecule has 2 aromatic heterocycles. The van der Waals surface area contributed by atoms with Crippen LogP contribution >= 0.6 is 11.3 Å². The van der Waals surface area contributed by atoms with Crippen molar-refractivity contribution in [1.82, 2.24) is 20.0 Å². The average Bonchev–Trinajstić information content (AvgIpc) is 3.06. The third-order valence-corrected chi connectivity index (χ3v) is 5.36. The maximum atomic E-state index is 12.2. The van der Waals surface area contributed by atoms with Gasteiger partial charge in [0.2, 0.25) is 10.0 Å². The van der Waals surface area contributed by atoms with Crippen molar-refractivity contribution in [2.75, 3.05) is 13.6 Å². The predicted octanol–water partition coefficient (Wildman–Crippen LogP) is 1.10. The summed E-state index contributed by atoms with van der Waals surface area (Å²) in [5.41, 5.74) is 0. The number of rotatable bonds is 8. The molecule has 0 bridgehead atoms. The third-order valence-electron chi connectivity index (χ3n) is 2.77. The highest BCUT2D eigenvalue weighted by molar-refractivity contribution is 7.89. The minimum atomic E-state index is -3.42. The monoisotopic (exact) mass is 314 g/mol. The molecule has 0 saturated carbocycles. The van der Waals surface area contributed by atoms with Crippen LogP contribution in [0, 0.1) is 0 Å². The van der Waals surface area contributed by atoms with Crippen LogP contribution in [0.3, 0.4) is 0 Å². The van der Waals surface area contributed by atoms with E-state index in [1.54, 1.807) is 30.9 Å². The number of sulfonamides is 1. The lowest BCUT2D eigenvalue weighted by Crippen LogP contribution is -2.26. The Labute approximate surface area is 122 Å². The van der Waals surface area contributed by atoms with Crippen molar-refractivity contribution in [2.45, 2.75) is 24.3 Å². The lowest BCUT2D eigenvalue weighted by Gasteiger charge is -2.07. The van der Waals surface area contributed by atoms with Crippen LogP contribution in [0.4, 0.5) is 0 Å². The van der Waals surface area contributed by atoms with Gasteiger partial charge in [-0.3, -0.25) is 0 Å². The molecule has 20 heavy (non-hydrogen) atoms. The number of nitrogens with zero attached hydrogens (tertiary/aromatic N) is 1. The summed E-state index contributed by atoms with van der Waals surface area (Å²) in [5, 5.41) is 4.77. The van der Waals surface area contributed by atoms with E-state index in [4.69, 9.17) is 0 Å². The van der Waals surface area contributed by atoms with Gasteiger partial charge in [-0.25, -0.2) is 18.1 Å². The van der Waals surface area contributed by atoms with Crippen molar-refractivity contribution < 1.29 is 8.42 Å². The summed E-state index contributed by atoms with van der Waals surface area (Å²) in [6.45, 7) is 0.957. The molecule has 0 amide bonds. The first-order chi connectivity index (χ1) is 9.63. The van der Waals surface area contributed by atoms with Crippen LogP contribution in [-0.2, 0) is 23.0 Å². The number of imidazole rings is 1. The summed E-state index contributed by atoms with van der Waals surface area (Å²) in [6, 6.07) is 1.65. The number of nitrogens with one attached hydrogen (secondary N) is 3. The molecule has 0 radical (unpaired) electrons. The van der Waals surface area contributed by atoms with E-state index < -0.39 is 10.0 Å². The number of aryl methyl sites for hydroxylation is 1. The van der Waals surface area contributed by atoms with Crippen molar-refractivity contribution in [3.63, 3.8) is 0 Å². The fourth-order valence-electron chi connectivity index (χ4n) is 1.83. The largest absolute Gasteiger partial charge is 0.349 e. The first-order valence-corrected chi connectivity index (χ1v) is 8.68. The maximum absolute atomic E-state index is 12.2. The van der Waals surface area contributed by atoms with Crippen molar-refractivity contribution in [3.8, 4) is 0 Å². The Morgan fingerprint density at radius 1 is 1.45 bits per heavy atom. The van der Waals surface area contributed by atoms with Gasteiger partial charge < -0.3 is 10.3 Å². The summed E-state index contributed by atoms with van der Waals surface area (Å²) in [6.07, 6.45) is 4.88. The topological polar surface area (TPSA) is 86.9 Å². The highest BCUT2D eigenvalue weighted by Gasteiger charge is 2.18. The summed E-state index contributed by atoms with van der Waals surface area (Å²) in [5.74, 6) is 0.871. The molecule has 0 aliphatic carbocycles. The molecule has 2 aromatic rings. The Bertz CT molecular complexity index is 620. The predicted molar refractivity (Wildman–Crippen MR) is 79.2 cm³/mol. The molecule has 110 valence electrons. The quantitative estimate of drug-likeness (QED) is 0.637. The zero-order chi connectivity index (χ0) is 14.4. The van der Waals surface area contributed by atoms with E-state index in [0.29, 0.717) is 24.4 Å². The van der Waals surface area contributed by atoms with E-state index in [0.717, 1.165) is 17.1 Å². The lowest BCUT2D eigenvalue weighted by atomic mass is 10.3. The van der Waals surface area contributed by atoms with Crippen LogP contribution in [0.25, 0.3) is 0 Å². The Hall–Kier alpha value is -1.22. The summed E-state index contributed by atoms with van der Waals surface area (Å²) in [4.78, 5) is 8.29. The number of hydrogen-bond donors (Lipinski definition) is 3.